The highest BCUT2D eigenvalue weighted by molar-refractivity contribution is 5.94. The molecule has 0 radical (unpaired) electrons. The Morgan fingerprint density at radius 3 is 2.85 bits per heavy atom. The molecule has 2 amide bonds. The van der Waals surface area contributed by atoms with Crippen molar-refractivity contribution in [2.24, 2.45) is 11.7 Å². The first kappa shape index (κ1) is 18.1. The molecule has 1 aromatic heterocycles. The van der Waals surface area contributed by atoms with Crippen molar-refractivity contribution in [1.29, 1.82) is 0 Å². The van der Waals surface area contributed by atoms with Gasteiger partial charge in [-0.25, -0.2) is 0 Å². The second-order valence-electron chi connectivity index (χ2n) is 6.57. The molecule has 1 saturated heterocycles. The molecule has 3 rings (SSSR count). The van der Waals surface area contributed by atoms with Crippen LogP contribution < -0.4 is 11.1 Å². The van der Waals surface area contributed by atoms with Crippen molar-refractivity contribution < 1.29 is 9.59 Å². The number of likely N-dealkylation sites (tertiary alicyclic amines) is 1. The highest BCUT2D eigenvalue weighted by atomic mass is 16.2. The van der Waals surface area contributed by atoms with Crippen LogP contribution in [0.2, 0.25) is 0 Å². The van der Waals surface area contributed by atoms with Crippen LogP contribution in [0, 0.1) is 5.92 Å². The molecule has 8 nitrogen and oxygen atoms in total. The Morgan fingerprint density at radius 1 is 1.27 bits per heavy atom. The molecule has 1 aliphatic rings. The molecule has 1 atom stereocenters. The SMILES string of the molecule is NC(=O)C1CCCN(CCCNC(=O)c2cccc(-n3cnnc3)c2)C1. The van der Waals surface area contributed by atoms with Crippen LogP contribution in [-0.4, -0.2) is 57.7 Å². The van der Waals surface area contributed by atoms with E-state index in [2.05, 4.69) is 20.4 Å². The van der Waals surface area contributed by atoms with Gasteiger partial charge in [-0.1, -0.05) is 6.07 Å². The van der Waals surface area contributed by atoms with E-state index >= 15 is 0 Å². The average molecular weight is 356 g/mol. The number of nitrogens with one attached hydrogen (secondary N) is 1. The number of carbonyl (C=O) groups is 2. The van der Waals surface area contributed by atoms with Gasteiger partial charge in [-0.15, -0.1) is 10.2 Å². The molecule has 0 saturated carbocycles. The van der Waals surface area contributed by atoms with Gasteiger partial charge >= 0.3 is 0 Å². The highest BCUT2D eigenvalue weighted by Gasteiger charge is 2.23. The third-order valence-corrected chi connectivity index (χ3v) is 4.67. The molecule has 2 aromatic rings. The van der Waals surface area contributed by atoms with E-state index < -0.39 is 0 Å². The first-order valence-corrected chi connectivity index (χ1v) is 8.88. The number of benzene rings is 1. The zero-order valence-corrected chi connectivity index (χ0v) is 14.7. The summed E-state index contributed by atoms with van der Waals surface area (Å²) >= 11 is 0. The maximum absolute atomic E-state index is 12.3. The van der Waals surface area contributed by atoms with Crippen molar-refractivity contribution in [2.45, 2.75) is 19.3 Å². The molecule has 1 unspecified atom stereocenters. The lowest BCUT2D eigenvalue weighted by Crippen LogP contribution is -2.42. The summed E-state index contributed by atoms with van der Waals surface area (Å²) < 4.78 is 1.75. The largest absolute Gasteiger partial charge is 0.369 e. The number of hydrogen-bond donors (Lipinski definition) is 2. The zero-order chi connectivity index (χ0) is 18.4. The lowest BCUT2D eigenvalue weighted by Gasteiger charge is -2.31. The number of amides is 2. The fourth-order valence-corrected chi connectivity index (χ4v) is 3.24. The molecular formula is C18H24N6O2. The summed E-state index contributed by atoms with van der Waals surface area (Å²) in [4.78, 5) is 25.9. The third-order valence-electron chi connectivity index (χ3n) is 4.67. The van der Waals surface area contributed by atoms with E-state index in [-0.39, 0.29) is 17.7 Å². The molecule has 2 heterocycles. The first-order valence-electron chi connectivity index (χ1n) is 8.88. The third kappa shape index (κ3) is 4.66. The Balaban J connectivity index is 1.44. The Labute approximate surface area is 152 Å². The van der Waals surface area contributed by atoms with Crippen molar-refractivity contribution in [3.63, 3.8) is 0 Å². The maximum atomic E-state index is 12.3. The predicted molar refractivity (Wildman–Crippen MR) is 96.7 cm³/mol. The van der Waals surface area contributed by atoms with Crippen LogP contribution in [0.1, 0.15) is 29.6 Å². The lowest BCUT2D eigenvalue weighted by molar-refractivity contribution is -0.123. The van der Waals surface area contributed by atoms with Crippen LogP contribution in [0.25, 0.3) is 5.69 Å². The van der Waals surface area contributed by atoms with Crippen molar-refractivity contribution in [3.05, 3.63) is 42.5 Å². The van der Waals surface area contributed by atoms with E-state index in [0.29, 0.717) is 12.1 Å². The Bertz CT molecular complexity index is 746. The standard InChI is InChI=1S/C18H24N6O2/c19-17(25)15-5-2-8-23(11-15)9-3-7-20-18(26)14-4-1-6-16(10-14)24-12-21-22-13-24/h1,4,6,10,12-13,15H,2-3,5,7-9,11H2,(H2,19,25)(H,20,26). The zero-order valence-electron chi connectivity index (χ0n) is 14.7. The summed E-state index contributed by atoms with van der Waals surface area (Å²) in [6.07, 6.45) is 5.90. The highest BCUT2D eigenvalue weighted by Crippen LogP contribution is 2.16. The van der Waals surface area contributed by atoms with Crippen LogP contribution in [0.5, 0.6) is 0 Å². The van der Waals surface area contributed by atoms with E-state index in [1.54, 1.807) is 29.4 Å². The van der Waals surface area contributed by atoms with Crippen LogP contribution in [0.4, 0.5) is 0 Å². The van der Waals surface area contributed by atoms with Crippen molar-refractivity contribution >= 4 is 11.8 Å². The topological polar surface area (TPSA) is 106 Å². The van der Waals surface area contributed by atoms with Crippen molar-refractivity contribution in [3.8, 4) is 5.69 Å². The van der Waals surface area contributed by atoms with Crippen molar-refractivity contribution in [2.75, 3.05) is 26.2 Å². The van der Waals surface area contributed by atoms with Gasteiger partial charge in [-0.2, -0.15) is 0 Å². The molecule has 0 bridgehead atoms. The molecule has 1 aliphatic heterocycles. The molecule has 8 heteroatoms. The Morgan fingerprint density at radius 2 is 2.08 bits per heavy atom. The molecular weight excluding hydrogens is 332 g/mol. The van der Waals surface area contributed by atoms with Crippen molar-refractivity contribution in [1.82, 2.24) is 25.0 Å². The average Bonchev–Trinajstić information content (AvgIpc) is 3.20. The number of nitrogens with two attached hydrogens (primary N) is 1. The minimum absolute atomic E-state index is 0.0428. The van der Waals surface area contributed by atoms with Crippen LogP contribution in [0.3, 0.4) is 0 Å². The summed E-state index contributed by atoms with van der Waals surface area (Å²) in [5.41, 5.74) is 6.84. The maximum Gasteiger partial charge on any atom is 0.251 e. The Kier molecular flexibility index (Phi) is 5.96. The van der Waals surface area contributed by atoms with Gasteiger partial charge in [0.1, 0.15) is 12.7 Å². The second-order valence-corrected chi connectivity index (χ2v) is 6.57. The number of primary amides is 1. The molecule has 26 heavy (non-hydrogen) atoms. The summed E-state index contributed by atoms with van der Waals surface area (Å²) in [5, 5.41) is 10.5. The molecule has 0 spiro atoms. The number of piperidine rings is 1. The second kappa shape index (κ2) is 8.57. The van der Waals surface area contributed by atoms with E-state index in [1.807, 2.05) is 12.1 Å². The molecule has 1 aromatic carbocycles. The van der Waals surface area contributed by atoms with Crippen LogP contribution in [-0.2, 0) is 4.79 Å². The number of nitrogens with zero attached hydrogens (tertiary/aromatic N) is 4. The first-order chi connectivity index (χ1) is 12.6. The smallest absolute Gasteiger partial charge is 0.251 e. The molecule has 1 fully saturated rings. The van der Waals surface area contributed by atoms with E-state index in [9.17, 15) is 9.59 Å². The van der Waals surface area contributed by atoms with Gasteiger partial charge in [-0.3, -0.25) is 14.2 Å². The number of carbonyl (C=O) groups excluding carboxylic acids is 2. The Hall–Kier alpha value is -2.74. The van der Waals surface area contributed by atoms with Gasteiger partial charge in [0.15, 0.2) is 0 Å². The van der Waals surface area contributed by atoms with Gasteiger partial charge in [0.25, 0.3) is 5.91 Å². The van der Waals surface area contributed by atoms with E-state index in [1.165, 1.54) is 0 Å². The number of rotatable bonds is 7. The van der Waals surface area contributed by atoms with Gasteiger partial charge in [0.2, 0.25) is 5.91 Å². The minimum Gasteiger partial charge on any atom is -0.369 e. The molecule has 0 aliphatic carbocycles. The van der Waals surface area contributed by atoms with Crippen LogP contribution in [0.15, 0.2) is 36.9 Å². The normalized spacial score (nSPS) is 17.8. The molecule has 3 N–H and O–H groups in total. The van der Waals surface area contributed by atoms with E-state index in [0.717, 1.165) is 44.6 Å². The fraction of sp³-hybridized carbons (Fsp3) is 0.444. The summed E-state index contributed by atoms with van der Waals surface area (Å²) in [6, 6.07) is 7.32. The van der Waals surface area contributed by atoms with Gasteiger partial charge in [0, 0.05) is 24.3 Å². The molecule has 138 valence electrons. The van der Waals surface area contributed by atoms with Gasteiger partial charge in [0.05, 0.1) is 5.92 Å². The van der Waals surface area contributed by atoms with Crippen LogP contribution >= 0.6 is 0 Å². The lowest BCUT2D eigenvalue weighted by atomic mass is 9.97. The number of aromatic nitrogens is 3. The predicted octanol–water partition coefficient (Wildman–Crippen LogP) is 0.585. The fourth-order valence-electron chi connectivity index (χ4n) is 3.24. The monoisotopic (exact) mass is 356 g/mol. The summed E-state index contributed by atoms with van der Waals surface area (Å²) in [5.74, 6) is -0.358. The summed E-state index contributed by atoms with van der Waals surface area (Å²) in [6.45, 7) is 3.15. The van der Waals surface area contributed by atoms with E-state index in [4.69, 9.17) is 5.73 Å². The number of hydrogen-bond acceptors (Lipinski definition) is 5. The summed E-state index contributed by atoms with van der Waals surface area (Å²) in [7, 11) is 0. The quantitative estimate of drug-likeness (QED) is 0.706. The minimum atomic E-state index is -0.212. The van der Waals surface area contributed by atoms with Gasteiger partial charge in [-0.05, 0) is 50.6 Å². The van der Waals surface area contributed by atoms with Gasteiger partial charge < -0.3 is 16.0 Å².